The molecule has 1 aromatic carbocycles. The fourth-order valence-electron chi connectivity index (χ4n) is 4.90. The summed E-state index contributed by atoms with van der Waals surface area (Å²) < 4.78 is 30.7. The van der Waals surface area contributed by atoms with Gasteiger partial charge in [-0.15, -0.1) is 10.2 Å². The van der Waals surface area contributed by atoms with E-state index >= 15 is 0 Å². The molecule has 1 atom stereocenters. The van der Waals surface area contributed by atoms with Gasteiger partial charge in [0.1, 0.15) is 23.6 Å². The molecule has 0 unspecified atom stereocenters. The first-order valence-electron chi connectivity index (χ1n) is 10.8. The monoisotopic (exact) mass is 434 g/mol. The quantitative estimate of drug-likeness (QED) is 0.532. The number of hydrogen-bond donors (Lipinski definition) is 1. The van der Waals surface area contributed by atoms with Crippen molar-refractivity contribution in [2.45, 2.75) is 25.2 Å². The van der Waals surface area contributed by atoms with Crippen molar-refractivity contribution in [1.29, 1.82) is 0 Å². The van der Waals surface area contributed by atoms with E-state index in [1.165, 1.54) is 6.07 Å². The van der Waals surface area contributed by atoms with E-state index in [4.69, 9.17) is 15.2 Å². The van der Waals surface area contributed by atoms with E-state index < -0.39 is 0 Å². The fourth-order valence-corrected chi connectivity index (χ4v) is 4.90. The minimum atomic E-state index is -0.193. The first-order chi connectivity index (χ1) is 15.6. The summed E-state index contributed by atoms with van der Waals surface area (Å²) in [5.41, 5.74) is 11.7. The lowest BCUT2D eigenvalue weighted by molar-refractivity contribution is 0.246. The van der Waals surface area contributed by atoms with E-state index in [0.29, 0.717) is 44.6 Å². The summed E-state index contributed by atoms with van der Waals surface area (Å²) in [7, 11) is 1.90. The molecule has 2 aliphatic heterocycles. The molecule has 6 rings (SSSR count). The molecule has 0 aliphatic carbocycles. The van der Waals surface area contributed by atoms with Crippen LogP contribution in [0.25, 0.3) is 16.9 Å². The summed E-state index contributed by atoms with van der Waals surface area (Å²) in [6.07, 6.45) is 3.53. The Morgan fingerprint density at radius 2 is 2.00 bits per heavy atom. The average Bonchev–Trinajstić information content (AvgIpc) is 3.50. The summed E-state index contributed by atoms with van der Waals surface area (Å²) >= 11 is 0. The Kier molecular flexibility index (Phi) is 4.39. The van der Waals surface area contributed by atoms with Crippen molar-refractivity contribution < 1.29 is 13.9 Å². The molecule has 2 N–H and O–H groups in total. The van der Waals surface area contributed by atoms with Crippen LogP contribution in [0, 0.1) is 5.82 Å². The fraction of sp³-hybridized carbons (Fsp3) is 0.348. The van der Waals surface area contributed by atoms with E-state index in [-0.39, 0.29) is 11.7 Å². The number of pyridine rings is 1. The number of fused-ring (bicyclic) bond motifs is 3. The molecule has 0 amide bonds. The smallest absolute Gasteiger partial charge is 0.170 e. The van der Waals surface area contributed by atoms with Crippen LogP contribution in [0.3, 0.4) is 0 Å². The third-order valence-electron chi connectivity index (χ3n) is 6.41. The highest BCUT2D eigenvalue weighted by molar-refractivity contribution is 5.77. The Morgan fingerprint density at radius 3 is 2.84 bits per heavy atom. The van der Waals surface area contributed by atoms with E-state index in [1.807, 2.05) is 28.3 Å². The van der Waals surface area contributed by atoms with Crippen LogP contribution in [-0.4, -0.2) is 44.1 Å². The Hall–Kier alpha value is -3.46. The molecule has 8 nitrogen and oxygen atoms in total. The van der Waals surface area contributed by atoms with E-state index in [1.54, 1.807) is 12.4 Å². The number of nitrogens with two attached hydrogens (primary N) is 1. The third-order valence-corrected chi connectivity index (χ3v) is 6.41. The molecule has 3 aromatic heterocycles. The van der Waals surface area contributed by atoms with Gasteiger partial charge in [-0.25, -0.2) is 4.39 Å². The van der Waals surface area contributed by atoms with Gasteiger partial charge in [0.2, 0.25) is 0 Å². The summed E-state index contributed by atoms with van der Waals surface area (Å²) in [4.78, 5) is 0. The maximum Gasteiger partial charge on any atom is 0.170 e. The van der Waals surface area contributed by atoms with Gasteiger partial charge in [0.05, 0.1) is 36.2 Å². The SMILES string of the molecule is Cn1nc(CCN)cc1-c1cc2c(n3cnnc13)CCc1c(F)ccc3c1[C@H](CO3)CO2. The highest BCUT2D eigenvalue weighted by atomic mass is 19.1. The lowest BCUT2D eigenvalue weighted by Crippen LogP contribution is -2.13. The molecule has 0 saturated heterocycles. The Bertz CT molecular complexity index is 1340. The number of nitrogens with zero attached hydrogens (tertiary/aromatic N) is 5. The van der Waals surface area contributed by atoms with Crippen LogP contribution in [0.5, 0.6) is 11.5 Å². The second-order valence-electron chi connectivity index (χ2n) is 8.33. The maximum absolute atomic E-state index is 14.8. The molecule has 9 heteroatoms. The second-order valence-corrected chi connectivity index (χ2v) is 8.33. The van der Waals surface area contributed by atoms with Gasteiger partial charge in [0.25, 0.3) is 0 Å². The molecule has 2 aliphatic rings. The number of hydrogen-bond acceptors (Lipinski definition) is 6. The molecule has 5 heterocycles. The minimum Gasteiger partial charge on any atom is -0.493 e. The Morgan fingerprint density at radius 1 is 1.16 bits per heavy atom. The molecular weight excluding hydrogens is 411 g/mol. The molecule has 4 aromatic rings. The number of halogens is 1. The zero-order chi connectivity index (χ0) is 21.8. The van der Waals surface area contributed by atoms with Crippen LogP contribution in [0.2, 0.25) is 0 Å². The van der Waals surface area contributed by atoms with Crippen molar-refractivity contribution in [3.8, 4) is 22.8 Å². The molecule has 0 radical (unpaired) electrons. The maximum atomic E-state index is 14.8. The van der Waals surface area contributed by atoms with Crippen LogP contribution < -0.4 is 15.2 Å². The van der Waals surface area contributed by atoms with Crippen LogP contribution in [0.1, 0.15) is 28.4 Å². The molecule has 0 fully saturated rings. The summed E-state index contributed by atoms with van der Waals surface area (Å²) in [5.74, 6) is 1.31. The minimum absolute atomic E-state index is 0.00503. The molecule has 0 saturated carbocycles. The van der Waals surface area contributed by atoms with Crippen LogP contribution in [-0.2, 0) is 26.3 Å². The van der Waals surface area contributed by atoms with Crippen molar-refractivity contribution >= 4 is 5.65 Å². The van der Waals surface area contributed by atoms with Gasteiger partial charge in [-0.05, 0) is 49.2 Å². The van der Waals surface area contributed by atoms with Crippen molar-refractivity contribution in [1.82, 2.24) is 24.4 Å². The van der Waals surface area contributed by atoms with Gasteiger partial charge in [-0.3, -0.25) is 9.08 Å². The van der Waals surface area contributed by atoms with E-state index in [0.717, 1.165) is 45.4 Å². The Labute approximate surface area is 183 Å². The summed E-state index contributed by atoms with van der Waals surface area (Å²) in [5, 5.41) is 13.1. The van der Waals surface area contributed by atoms with Crippen molar-refractivity contribution in [2.24, 2.45) is 12.8 Å². The molecule has 0 bridgehead atoms. The van der Waals surface area contributed by atoms with Gasteiger partial charge >= 0.3 is 0 Å². The highest BCUT2D eigenvalue weighted by Gasteiger charge is 2.31. The number of aryl methyl sites for hydroxylation is 2. The van der Waals surface area contributed by atoms with E-state index in [2.05, 4.69) is 15.3 Å². The first kappa shape index (κ1) is 19.2. The molecule has 32 heavy (non-hydrogen) atoms. The molecule has 164 valence electrons. The second kappa shape index (κ2) is 7.30. The standard InChI is InChI=1S/C23H23FN6O2/c1-29-19(8-14(28-29)6-7-25)16-9-21-18(30-12-26-27-23(16)30)4-2-15-17(24)3-5-20-22(15)13(10-31-20)11-32-21/h3,5,8-9,12-13H,2,4,6-7,10-11,25H2,1H3/t13-/m1/s1. The van der Waals surface area contributed by atoms with Gasteiger partial charge < -0.3 is 15.2 Å². The van der Waals surface area contributed by atoms with Crippen LogP contribution >= 0.6 is 0 Å². The number of ether oxygens (including phenoxy) is 2. The van der Waals surface area contributed by atoms with Gasteiger partial charge in [-0.1, -0.05) is 0 Å². The van der Waals surface area contributed by atoms with Gasteiger partial charge in [-0.2, -0.15) is 5.10 Å². The third kappa shape index (κ3) is 2.88. The lowest BCUT2D eigenvalue weighted by Gasteiger charge is -2.16. The summed E-state index contributed by atoms with van der Waals surface area (Å²) in [6, 6.07) is 7.25. The lowest BCUT2D eigenvalue weighted by atomic mass is 9.93. The Balaban J connectivity index is 1.49. The van der Waals surface area contributed by atoms with Gasteiger partial charge in [0.15, 0.2) is 5.65 Å². The predicted octanol–water partition coefficient (Wildman–Crippen LogP) is 2.42. The number of benzene rings is 1. The largest absolute Gasteiger partial charge is 0.493 e. The average molecular weight is 434 g/mol. The van der Waals surface area contributed by atoms with Gasteiger partial charge in [0, 0.05) is 24.6 Å². The zero-order valence-corrected chi connectivity index (χ0v) is 17.7. The van der Waals surface area contributed by atoms with Crippen molar-refractivity contribution in [3.63, 3.8) is 0 Å². The zero-order valence-electron chi connectivity index (χ0n) is 17.7. The number of rotatable bonds is 3. The van der Waals surface area contributed by atoms with Crippen molar-refractivity contribution in [3.05, 3.63) is 58.9 Å². The number of aromatic nitrogens is 5. The molecule has 0 spiro atoms. The van der Waals surface area contributed by atoms with Crippen LogP contribution in [0.4, 0.5) is 4.39 Å². The predicted molar refractivity (Wildman–Crippen MR) is 115 cm³/mol. The topological polar surface area (TPSA) is 92.5 Å². The van der Waals surface area contributed by atoms with Crippen molar-refractivity contribution in [2.75, 3.05) is 19.8 Å². The van der Waals surface area contributed by atoms with Crippen LogP contribution in [0.15, 0.2) is 30.6 Å². The highest BCUT2D eigenvalue weighted by Crippen LogP contribution is 2.41. The molecular formula is C23H23FN6O2. The van der Waals surface area contributed by atoms with E-state index in [9.17, 15) is 4.39 Å². The summed E-state index contributed by atoms with van der Waals surface area (Å²) in [6.45, 7) is 1.44. The first-order valence-corrected chi connectivity index (χ1v) is 10.8. The normalized spacial score (nSPS) is 17.2.